The largest absolute Gasteiger partial charge is 0.382 e. The molecule has 0 spiro atoms. The first-order valence-corrected chi connectivity index (χ1v) is 6.49. The average molecular weight is 238 g/mol. The van der Waals surface area contributed by atoms with E-state index in [4.69, 9.17) is 5.73 Å². The summed E-state index contributed by atoms with van der Waals surface area (Å²) in [5.74, 6) is 0. The van der Waals surface area contributed by atoms with Crippen LogP contribution in [0.4, 0.5) is 5.69 Å². The minimum absolute atomic E-state index is 0.381. The number of hydrogen-bond acceptors (Lipinski definition) is 2. The molecule has 1 fully saturated rings. The number of hydrogen-bond donors (Lipinski definition) is 2. The lowest BCUT2D eigenvalue weighted by molar-refractivity contribution is 0.374. The molecule has 0 aliphatic heterocycles. The zero-order valence-electron chi connectivity index (χ0n) is 10.3. The molecule has 0 unspecified atom stereocenters. The summed E-state index contributed by atoms with van der Waals surface area (Å²) in [4.78, 5) is 0. The maximum Gasteiger partial charge on any atom is 0.0422 e. The van der Waals surface area contributed by atoms with Crippen LogP contribution < -0.4 is 11.1 Å². The van der Waals surface area contributed by atoms with Crippen molar-refractivity contribution in [2.24, 2.45) is 5.73 Å². The number of nitrogens with two attached hydrogens (primary N) is 1. The molecule has 0 aromatic heterocycles. The van der Waals surface area contributed by atoms with Gasteiger partial charge in [-0.05, 0) is 24.5 Å². The Morgan fingerprint density at radius 1 is 0.889 bits per heavy atom. The number of rotatable bonds is 3. The highest BCUT2D eigenvalue weighted by molar-refractivity contribution is 5.77. The molecule has 2 aromatic rings. The van der Waals surface area contributed by atoms with Crippen molar-refractivity contribution < 1.29 is 0 Å². The van der Waals surface area contributed by atoms with Crippen molar-refractivity contribution >= 4 is 5.69 Å². The smallest absolute Gasteiger partial charge is 0.0422 e. The molecule has 0 amide bonds. The zero-order valence-corrected chi connectivity index (χ0v) is 10.3. The van der Waals surface area contributed by atoms with Gasteiger partial charge in [-0.25, -0.2) is 0 Å². The quantitative estimate of drug-likeness (QED) is 0.861. The fourth-order valence-corrected chi connectivity index (χ4v) is 2.48. The predicted octanol–water partition coefficient (Wildman–Crippen LogP) is 3.26. The Bertz CT molecular complexity index is 516. The molecule has 0 atom stereocenters. The van der Waals surface area contributed by atoms with Crippen LogP contribution >= 0.6 is 0 Å². The van der Waals surface area contributed by atoms with Crippen LogP contribution in [0, 0.1) is 0 Å². The highest BCUT2D eigenvalue weighted by Crippen LogP contribution is 2.30. The number of anilines is 1. The van der Waals surface area contributed by atoms with Crippen molar-refractivity contribution in [2.75, 3.05) is 5.32 Å². The summed E-state index contributed by atoms with van der Waals surface area (Å²) in [6.45, 7) is 0. The molecule has 2 aromatic carbocycles. The third-order valence-electron chi connectivity index (χ3n) is 3.55. The molecular weight excluding hydrogens is 220 g/mol. The highest BCUT2D eigenvalue weighted by Gasteiger charge is 2.25. The molecule has 0 radical (unpaired) electrons. The molecule has 0 bridgehead atoms. The Morgan fingerprint density at radius 3 is 2.28 bits per heavy atom. The second-order valence-corrected chi connectivity index (χ2v) is 4.98. The van der Waals surface area contributed by atoms with Crippen molar-refractivity contribution in [3.63, 3.8) is 0 Å². The van der Waals surface area contributed by atoms with Crippen molar-refractivity contribution in [3.8, 4) is 11.1 Å². The lowest BCUT2D eigenvalue weighted by Gasteiger charge is -2.34. The van der Waals surface area contributed by atoms with Gasteiger partial charge in [-0.15, -0.1) is 0 Å². The summed E-state index contributed by atoms with van der Waals surface area (Å²) in [6, 6.07) is 19.9. The van der Waals surface area contributed by atoms with Gasteiger partial charge in [-0.2, -0.15) is 0 Å². The molecule has 0 heterocycles. The van der Waals surface area contributed by atoms with Gasteiger partial charge in [0.2, 0.25) is 0 Å². The molecule has 1 aliphatic rings. The summed E-state index contributed by atoms with van der Waals surface area (Å²) in [6.07, 6.45) is 2.15. The van der Waals surface area contributed by atoms with Gasteiger partial charge in [0.15, 0.2) is 0 Å². The summed E-state index contributed by atoms with van der Waals surface area (Å²) < 4.78 is 0. The first-order valence-electron chi connectivity index (χ1n) is 6.49. The van der Waals surface area contributed by atoms with Crippen LogP contribution in [0.1, 0.15) is 12.8 Å². The highest BCUT2D eigenvalue weighted by atomic mass is 15.0. The maximum absolute atomic E-state index is 5.83. The summed E-state index contributed by atoms with van der Waals surface area (Å²) in [7, 11) is 0. The Hall–Kier alpha value is -1.80. The van der Waals surface area contributed by atoms with Gasteiger partial charge in [0.1, 0.15) is 0 Å². The van der Waals surface area contributed by atoms with Crippen LogP contribution in [0.25, 0.3) is 11.1 Å². The first kappa shape index (κ1) is 11.3. The molecule has 18 heavy (non-hydrogen) atoms. The van der Waals surface area contributed by atoms with E-state index in [1.807, 2.05) is 6.07 Å². The fourth-order valence-electron chi connectivity index (χ4n) is 2.48. The van der Waals surface area contributed by atoms with Crippen LogP contribution in [-0.4, -0.2) is 12.1 Å². The minimum atomic E-state index is 0.381. The van der Waals surface area contributed by atoms with Crippen LogP contribution in [0.15, 0.2) is 54.6 Å². The van der Waals surface area contributed by atoms with E-state index in [2.05, 4.69) is 53.8 Å². The molecule has 2 heteroatoms. The summed E-state index contributed by atoms with van der Waals surface area (Å²) in [5, 5.41) is 3.60. The van der Waals surface area contributed by atoms with E-state index in [9.17, 15) is 0 Å². The molecule has 1 saturated carbocycles. The van der Waals surface area contributed by atoms with E-state index in [1.165, 1.54) is 16.8 Å². The number of nitrogens with one attached hydrogen (secondary N) is 1. The molecule has 92 valence electrons. The average Bonchev–Trinajstić information content (AvgIpc) is 2.39. The van der Waals surface area contributed by atoms with Gasteiger partial charge in [0.25, 0.3) is 0 Å². The fraction of sp³-hybridized carbons (Fsp3) is 0.250. The molecule has 0 saturated heterocycles. The Kier molecular flexibility index (Phi) is 3.03. The van der Waals surface area contributed by atoms with Crippen LogP contribution in [0.5, 0.6) is 0 Å². The van der Waals surface area contributed by atoms with E-state index in [1.54, 1.807) is 0 Å². The number of para-hydroxylation sites is 1. The van der Waals surface area contributed by atoms with Gasteiger partial charge in [0, 0.05) is 23.3 Å². The minimum Gasteiger partial charge on any atom is -0.382 e. The third-order valence-corrected chi connectivity index (χ3v) is 3.55. The van der Waals surface area contributed by atoms with Gasteiger partial charge < -0.3 is 11.1 Å². The van der Waals surface area contributed by atoms with Gasteiger partial charge in [-0.3, -0.25) is 0 Å². The lowest BCUT2D eigenvalue weighted by Crippen LogP contribution is -2.44. The second kappa shape index (κ2) is 4.83. The number of benzene rings is 2. The topological polar surface area (TPSA) is 38.0 Å². The Morgan fingerprint density at radius 2 is 1.56 bits per heavy atom. The molecular formula is C16H18N2. The van der Waals surface area contributed by atoms with E-state index in [0.717, 1.165) is 12.8 Å². The van der Waals surface area contributed by atoms with Crippen molar-refractivity contribution in [2.45, 2.75) is 24.9 Å². The maximum atomic E-state index is 5.83. The SMILES string of the molecule is NC1CC(Nc2ccccc2-c2ccccc2)C1. The summed E-state index contributed by atoms with van der Waals surface area (Å²) >= 11 is 0. The van der Waals surface area contributed by atoms with E-state index >= 15 is 0 Å². The lowest BCUT2D eigenvalue weighted by atomic mass is 9.87. The second-order valence-electron chi connectivity index (χ2n) is 4.98. The standard InChI is InChI=1S/C16H18N2/c17-13-10-14(11-13)18-16-9-5-4-8-15(16)12-6-2-1-3-7-12/h1-9,13-14,18H,10-11,17H2. The van der Waals surface area contributed by atoms with Crippen molar-refractivity contribution in [1.29, 1.82) is 0 Å². The normalized spacial score (nSPS) is 22.3. The van der Waals surface area contributed by atoms with E-state index < -0.39 is 0 Å². The molecule has 3 rings (SSSR count). The van der Waals surface area contributed by atoms with Crippen LogP contribution in [0.3, 0.4) is 0 Å². The Balaban J connectivity index is 1.86. The first-order chi connectivity index (χ1) is 8.83. The molecule has 2 nitrogen and oxygen atoms in total. The van der Waals surface area contributed by atoms with E-state index in [-0.39, 0.29) is 0 Å². The molecule has 1 aliphatic carbocycles. The monoisotopic (exact) mass is 238 g/mol. The van der Waals surface area contributed by atoms with E-state index in [0.29, 0.717) is 12.1 Å². The molecule has 3 N–H and O–H groups in total. The summed E-state index contributed by atoms with van der Waals surface area (Å²) in [5.41, 5.74) is 9.56. The van der Waals surface area contributed by atoms with Gasteiger partial charge in [-0.1, -0.05) is 48.5 Å². The Labute approximate surface area is 108 Å². The van der Waals surface area contributed by atoms with Gasteiger partial charge >= 0.3 is 0 Å². The van der Waals surface area contributed by atoms with Gasteiger partial charge in [0.05, 0.1) is 0 Å². The third kappa shape index (κ3) is 2.24. The van der Waals surface area contributed by atoms with Crippen LogP contribution in [0.2, 0.25) is 0 Å². The van der Waals surface area contributed by atoms with Crippen molar-refractivity contribution in [1.82, 2.24) is 0 Å². The van der Waals surface area contributed by atoms with Crippen LogP contribution in [-0.2, 0) is 0 Å². The van der Waals surface area contributed by atoms with Crippen molar-refractivity contribution in [3.05, 3.63) is 54.6 Å². The predicted molar refractivity (Wildman–Crippen MR) is 76.5 cm³/mol. The zero-order chi connectivity index (χ0) is 12.4.